The molecule has 1 atom stereocenters. The smallest absolute Gasteiger partial charge is 0.305 e. The van der Waals surface area contributed by atoms with Crippen molar-refractivity contribution in [3.63, 3.8) is 0 Å². The minimum absolute atomic E-state index is 0.329. The average Bonchev–Trinajstić information content (AvgIpc) is 1.85. The molecule has 0 heterocycles. The van der Waals surface area contributed by atoms with Gasteiger partial charge in [-0.25, -0.2) is 4.57 Å². The summed E-state index contributed by atoms with van der Waals surface area (Å²) in [6, 6.07) is 0. The molecule has 0 saturated heterocycles. The fourth-order valence-corrected chi connectivity index (χ4v) is 1.03. The number of hydrogen-bond acceptors (Lipinski definition) is 4. The highest BCUT2D eigenvalue weighted by Crippen LogP contribution is 2.04. The van der Waals surface area contributed by atoms with Crippen molar-refractivity contribution >= 4 is 20.4 Å². The van der Waals surface area contributed by atoms with E-state index in [1.807, 2.05) is 6.26 Å². The molecule has 5 heteroatoms. The maximum atomic E-state index is 9.77. The third-order valence-corrected chi connectivity index (χ3v) is 1.79. The summed E-state index contributed by atoms with van der Waals surface area (Å²) in [5, 5.41) is 0. The lowest BCUT2D eigenvalue weighted by Crippen LogP contribution is -2.20. The lowest BCUT2D eigenvalue weighted by atomic mass is 10.4. The van der Waals surface area contributed by atoms with Gasteiger partial charge in [0.25, 0.3) is 0 Å². The van der Waals surface area contributed by atoms with Gasteiger partial charge < -0.3 is 5.73 Å². The van der Waals surface area contributed by atoms with Gasteiger partial charge in [0.2, 0.25) is 0 Å². The first-order valence-corrected chi connectivity index (χ1v) is 4.66. The third-order valence-electron chi connectivity index (χ3n) is 0.785. The van der Waals surface area contributed by atoms with Gasteiger partial charge in [0, 0.05) is 0 Å². The van der Waals surface area contributed by atoms with E-state index in [-0.39, 0.29) is 14.9 Å². The number of nitrogens with two attached hydrogens (primary N) is 1. The van der Waals surface area contributed by atoms with E-state index in [4.69, 9.17) is 5.73 Å². The van der Waals surface area contributed by atoms with Crippen LogP contribution in [0.2, 0.25) is 0 Å². The molecule has 0 rings (SSSR count). The molecular formula is C4H10NO2PS. The molecule has 1 unspecified atom stereocenters. The van der Waals surface area contributed by atoms with Crippen LogP contribution in [0.5, 0.6) is 0 Å². The fourth-order valence-electron chi connectivity index (χ4n) is 0.342. The molecule has 0 amide bonds. The Morgan fingerprint density at radius 3 is 3.00 bits per heavy atom. The van der Waals surface area contributed by atoms with Crippen molar-refractivity contribution in [3.05, 3.63) is 0 Å². The van der Waals surface area contributed by atoms with E-state index in [2.05, 4.69) is 4.52 Å². The molecule has 3 nitrogen and oxygen atoms in total. The Hall–Kier alpha value is 0.370. The Balaban J connectivity index is 3.04. The summed E-state index contributed by atoms with van der Waals surface area (Å²) in [6.45, 7) is 0. The van der Waals surface area contributed by atoms with Crippen molar-refractivity contribution < 1.29 is 9.09 Å². The van der Waals surface area contributed by atoms with Crippen LogP contribution in [0.15, 0.2) is 0 Å². The summed E-state index contributed by atoms with van der Waals surface area (Å²) < 4.78 is 14.3. The van der Waals surface area contributed by atoms with E-state index in [0.717, 1.165) is 12.2 Å². The number of thioether (sulfide) groups is 1. The summed E-state index contributed by atoms with van der Waals surface area (Å²) in [7, 11) is -0.329. The summed E-state index contributed by atoms with van der Waals surface area (Å²) >= 11 is 1.69. The Bertz CT molecular complexity index is 83.0. The topological polar surface area (TPSA) is 52.3 Å². The summed E-state index contributed by atoms with van der Waals surface area (Å²) in [5.74, 6) is 0.941. The van der Waals surface area contributed by atoms with Crippen molar-refractivity contribution in [1.29, 1.82) is 0 Å². The van der Waals surface area contributed by atoms with Gasteiger partial charge in [0.15, 0.2) is 0 Å². The van der Waals surface area contributed by atoms with E-state index < -0.39 is 0 Å². The van der Waals surface area contributed by atoms with Crippen molar-refractivity contribution in [2.45, 2.75) is 12.6 Å². The third kappa shape index (κ3) is 6.25. The van der Waals surface area contributed by atoms with Gasteiger partial charge in [-0.1, -0.05) is 0 Å². The predicted octanol–water partition coefficient (Wildman–Crippen LogP) is 1.25. The molecule has 0 radical (unpaired) electrons. The van der Waals surface area contributed by atoms with Gasteiger partial charge in [-0.3, -0.25) is 4.52 Å². The summed E-state index contributed by atoms with van der Waals surface area (Å²) in [5.41, 5.74) is 5.33. The Kier molecular flexibility index (Phi) is 6.76. The minimum Gasteiger partial charge on any atom is -0.305 e. The molecule has 9 heavy (non-hydrogen) atoms. The highest BCUT2D eigenvalue weighted by atomic mass is 32.2. The van der Waals surface area contributed by atoms with Crippen LogP contribution in [-0.4, -0.2) is 18.2 Å². The Labute approximate surface area is 60.6 Å². The van der Waals surface area contributed by atoms with Gasteiger partial charge in [-0.2, -0.15) is 11.8 Å². The van der Waals surface area contributed by atoms with E-state index in [0.29, 0.717) is 0 Å². The first-order valence-electron chi connectivity index (χ1n) is 2.54. The SMILES string of the molecule is CSCCC(N)OP=O. The summed E-state index contributed by atoms with van der Waals surface area (Å²) in [4.78, 5) is 0. The highest BCUT2D eigenvalue weighted by Gasteiger charge is 1.99. The van der Waals surface area contributed by atoms with Crippen LogP contribution in [-0.2, 0) is 9.09 Å². The lowest BCUT2D eigenvalue weighted by Gasteiger charge is -2.03. The second-order valence-corrected chi connectivity index (χ2v) is 2.85. The molecule has 2 N–H and O–H groups in total. The van der Waals surface area contributed by atoms with E-state index >= 15 is 0 Å². The Morgan fingerprint density at radius 1 is 1.89 bits per heavy atom. The molecule has 0 fully saturated rings. The van der Waals surface area contributed by atoms with E-state index in [1.165, 1.54) is 0 Å². The van der Waals surface area contributed by atoms with Crippen LogP contribution in [0.25, 0.3) is 0 Å². The molecular weight excluding hydrogens is 157 g/mol. The molecule has 0 spiro atoms. The number of rotatable bonds is 5. The van der Waals surface area contributed by atoms with Crippen LogP contribution in [0.4, 0.5) is 0 Å². The molecule has 0 aliphatic carbocycles. The van der Waals surface area contributed by atoms with Crippen molar-refractivity contribution in [2.75, 3.05) is 12.0 Å². The van der Waals surface area contributed by atoms with Gasteiger partial charge in [0.1, 0.15) is 6.23 Å². The molecule has 0 aromatic heterocycles. The van der Waals surface area contributed by atoms with Crippen LogP contribution in [0, 0.1) is 0 Å². The largest absolute Gasteiger partial charge is 0.328 e. The quantitative estimate of drug-likeness (QED) is 0.494. The summed E-state index contributed by atoms with van der Waals surface area (Å²) in [6.07, 6.45) is 2.36. The zero-order chi connectivity index (χ0) is 7.11. The zero-order valence-corrected chi connectivity index (χ0v) is 6.95. The van der Waals surface area contributed by atoms with Crippen LogP contribution in [0.3, 0.4) is 0 Å². The average molecular weight is 167 g/mol. The van der Waals surface area contributed by atoms with Crippen LogP contribution in [0.1, 0.15) is 6.42 Å². The highest BCUT2D eigenvalue weighted by molar-refractivity contribution is 7.98. The molecule has 0 aromatic rings. The molecule has 54 valence electrons. The number of hydrogen-bond donors (Lipinski definition) is 1. The normalized spacial score (nSPS) is 14.0. The van der Waals surface area contributed by atoms with Crippen molar-refractivity contribution in [2.24, 2.45) is 5.73 Å². The first-order chi connectivity index (χ1) is 4.31. The molecule has 0 aliphatic heterocycles. The molecule has 0 bridgehead atoms. The van der Waals surface area contributed by atoms with Gasteiger partial charge in [-0.05, 0) is 18.4 Å². The molecule has 0 saturated carbocycles. The lowest BCUT2D eigenvalue weighted by molar-refractivity contribution is 0.229. The molecule has 0 aliphatic rings. The minimum atomic E-state index is -0.378. The second-order valence-electron chi connectivity index (χ2n) is 1.50. The van der Waals surface area contributed by atoms with Crippen molar-refractivity contribution in [3.8, 4) is 0 Å². The van der Waals surface area contributed by atoms with Crippen molar-refractivity contribution in [1.82, 2.24) is 0 Å². The molecule has 0 aromatic carbocycles. The maximum Gasteiger partial charge on any atom is 0.328 e. The van der Waals surface area contributed by atoms with Gasteiger partial charge in [0.05, 0.1) is 0 Å². The first kappa shape index (κ1) is 9.37. The van der Waals surface area contributed by atoms with Gasteiger partial charge in [-0.15, -0.1) is 0 Å². The van der Waals surface area contributed by atoms with Crippen LogP contribution < -0.4 is 5.73 Å². The van der Waals surface area contributed by atoms with E-state index in [9.17, 15) is 4.57 Å². The standard InChI is InChI=1S/C4H10NO2PS/c1-9-3-2-4(5)7-8-6/h4H,2-3,5H2,1H3. The predicted molar refractivity (Wildman–Crippen MR) is 39.7 cm³/mol. The second kappa shape index (κ2) is 6.49. The van der Waals surface area contributed by atoms with Crippen LogP contribution >= 0.6 is 20.4 Å². The van der Waals surface area contributed by atoms with Gasteiger partial charge >= 0.3 is 8.69 Å². The fraction of sp³-hybridized carbons (Fsp3) is 1.00. The Morgan fingerprint density at radius 2 is 2.56 bits per heavy atom. The zero-order valence-electron chi connectivity index (χ0n) is 5.24. The monoisotopic (exact) mass is 167 g/mol. The maximum absolute atomic E-state index is 9.77. The van der Waals surface area contributed by atoms with E-state index in [1.54, 1.807) is 11.8 Å².